The Morgan fingerprint density at radius 1 is 0.938 bits per heavy atom. The standard InChI is InChI=1S/C18H35N7O7/c1-3-9(2)13(25-14(28)10(19)7-26)16(30)23-11(5-4-6-22-18(20)21)15(29)24-12(8-27)17(31)32/h9-13,26-27H,3-8,19H2,1-2H3,(H,23,30)(H,24,29)(H,25,28)(H,31,32)(H4,20,21,22). The highest BCUT2D eigenvalue weighted by molar-refractivity contribution is 5.94. The first-order valence-corrected chi connectivity index (χ1v) is 10.1. The molecule has 184 valence electrons. The van der Waals surface area contributed by atoms with Crippen LogP contribution in [-0.2, 0) is 19.2 Å². The van der Waals surface area contributed by atoms with E-state index in [-0.39, 0.29) is 31.3 Å². The highest BCUT2D eigenvalue weighted by atomic mass is 16.4. The summed E-state index contributed by atoms with van der Waals surface area (Å²) in [7, 11) is 0. The van der Waals surface area contributed by atoms with Crippen LogP contribution in [0.15, 0.2) is 4.99 Å². The molecule has 32 heavy (non-hydrogen) atoms. The number of carboxylic acids is 1. The number of carboxylic acid groups (broad SMARTS) is 1. The van der Waals surface area contributed by atoms with Crippen LogP contribution in [0.3, 0.4) is 0 Å². The molecule has 0 fully saturated rings. The lowest BCUT2D eigenvalue weighted by Crippen LogP contribution is -2.59. The van der Waals surface area contributed by atoms with Gasteiger partial charge in [0.1, 0.15) is 24.2 Å². The second kappa shape index (κ2) is 14.9. The summed E-state index contributed by atoms with van der Waals surface area (Å²) >= 11 is 0. The van der Waals surface area contributed by atoms with Crippen molar-refractivity contribution in [2.45, 2.75) is 57.3 Å². The minimum atomic E-state index is -1.56. The molecule has 12 N–H and O–H groups in total. The zero-order valence-corrected chi connectivity index (χ0v) is 18.3. The summed E-state index contributed by atoms with van der Waals surface area (Å²) in [6.45, 7) is 2.19. The predicted molar refractivity (Wildman–Crippen MR) is 115 cm³/mol. The minimum absolute atomic E-state index is 0.0451. The number of guanidine groups is 1. The van der Waals surface area contributed by atoms with E-state index in [0.29, 0.717) is 6.42 Å². The number of aliphatic hydroxyl groups excluding tert-OH is 2. The van der Waals surface area contributed by atoms with Crippen molar-refractivity contribution in [1.29, 1.82) is 0 Å². The third-order valence-corrected chi connectivity index (χ3v) is 4.70. The van der Waals surface area contributed by atoms with Crippen molar-refractivity contribution in [2.75, 3.05) is 19.8 Å². The molecule has 0 aromatic rings. The van der Waals surface area contributed by atoms with E-state index in [1.54, 1.807) is 13.8 Å². The zero-order chi connectivity index (χ0) is 24.8. The molecule has 14 nitrogen and oxygen atoms in total. The van der Waals surface area contributed by atoms with Gasteiger partial charge in [0.05, 0.1) is 13.2 Å². The van der Waals surface area contributed by atoms with Gasteiger partial charge in [-0.1, -0.05) is 20.3 Å². The molecule has 14 heteroatoms. The van der Waals surface area contributed by atoms with E-state index in [4.69, 9.17) is 32.5 Å². The number of nitrogens with two attached hydrogens (primary N) is 3. The molecular weight excluding hydrogens is 426 g/mol. The molecule has 5 atom stereocenters. The maximum atomic E-state index is 12.9. The number of aliphatic imine (C=N–C) groups is 1. The predicted octanol–water partition coefficient (Wildman–Crippen LogP) is -4.06. The monoisotopic (exact) mass is 461 g/mol. The highest BCUT2D eigenvalue weighted by Gasteiger charge is 2.32. The fraction of sp³-hybridized carbons (Fsp3) is 0.722. The molecule has 0 saturated heterocycles. The summed E-state index contributed by atoms with van der Waals surface area (Å²) in [4.78, 5) is 52.5. The Balaban J connectivity index is 5.52. The van der Waals surface area contributed by atoms with E-state index in [9.17, 15) is 19.2 Å². The van der Waals surface area contributed by atoms with Gasteiger partial charge >= 0.3 is 5.97 Å². The number of aliphatic hydroxyl groups is 2. The smallest absolute Gasteiger partial charge is 0.328 e. The van der Waals surface area contributed by atoms with Crippen molar-refractivity contribution >= 4 is 29.7 Å². The molecule has 0 radical (unpaired) electrons. The topological polar surface area (TPSA) is 255 Å². The summed E-state index contributed by atoms with van der Waals surface area (Å²) in [5.74, 6) is -4.23. The van der Waals surface area contributed by atoms with Gasteiger partial charge in [0, 0.05) is 6.54 Å². The van der Waals surface area contributed by atoms with E-state index in [2.05, 4.69) is 20.9 Å². The summed E-state index contributed by atoms with van der Waals surface area (Å²) < 4.78 is 0. The molecule has 0 rings (SSSR count). The molecule has 0 aliphatic rings. The van der Waals surface area contributed by atoms with Crippen molar-refractivity contribution in [3.8, 4) is 0 Å². The zero-order valence-electron chi connectivity index (χ0n) is 18.3. The van der Waals surface area contributed by atoms with Gasteiger partial charge < -0.3 is 48.5 Å². The second-order valence-corrected chi connectivity index (χ2v) is 7.25. The van der Waals surface area contributed by atoms with E-state index < -0.39 is 61.1 Å². The fourth-order valence-corrected chi connectivity index (χ4v) is 2.54. The van der Waals surface area contributed by atoms with Crippen LogP contribution >= 0.6 is 0 Å². The minimum Gasteiger partial charge on any atom is -0.480 e. The summed E-state index contributed by atoms with van der Waals surface area (Å²) in [5, 5.41) is 34.3. The van der Waals surface area contributed by atoms with Gasteiger partial charge in [0.2, 0.25) is 17.7 Å². The lowest BCUT2D eigenvalue weighted by Gasteiger charge is -2.27. The van der Waals surface area contributed by atoms with E-state index in [1.165, 1.54) is 0 Å². The van der Waals surface area contributed by atoms with E-state index >= 15 is 0 Å². The average Bonchev–Trinajstić information content (AvgIpc) is 2.75. The van der Waals surface area contributed by atoms with Gasteiger partial charge in [-0.25, -0.2) is 4.79 Å². The van der Waals surface area contributed by atoms with Crippen LogP contribution in [0.25, 0.3) is 0 Å². The summed E-state index contributed by atoms with van der Waals surface area (Å²) in [5.41, 5.74) is 16.0. The van der Waals surface area contributed by atoms with E-state index in [1.807, 2.05) is 0 Å². The molecule has 0 aromatic heterocycles. The van der Waals surface area contributed by atoms with Gasteiger partial charge in [-0.2, -0.15) is 0 Å². The Bertz CT molecular complexity index is 670. The SMILES string of the molecule is CCC(C)C(NC(=O)C(N)CO)C(=O)NC(CCCN=C(N)N)C(=O)NC(CO)C(=O)O. The molecule has 0 aliphatic carbocycles. The largest absolute Gasteiger partial charge is 0.480 e. The van der Waals surface area contributed by atoms with Gasteiger partial charge in [-0.05, 0) is 18.8 Å². The quantitative estimate of drug-likeness (QED) is 0.0647. The molecule has 3 amide bonds. The molecule has 0 heterocycles. The van der Waals surface area contributed by atoms with Crippen LogP contribution in [0.4, 0.5) is 0 Å². The Labute approximate surface area is 186 Å². The van der Waals surface area contributed by atoms with Crippen molar-refractivity contribution in [2.24, 2.45) is 28.1 Å². The first-order valence-electron chi connectivity index (χ1n) is 10.1. The number of nitrogens with one attached hydrogen (secondary N) is 3. The van der Waals surface area contributed by atoms with Crippen molar-refractivity contribution in [3.63, 3.8) is 0 Å². The lowest BCUT2D eigenvalue weighted by molar-refractivity contribution is -0.143. The number of aliphatic carboxylic acids is 1. The number of hydrogen-bond donors (Lipinski definition) is 9. The van der Waals surface area contributed by atoms with Crippen LogP contribution in [0, 0.1) is 5.92 Å². The number of rotatable bonds is 15. The molecule has 0 spiro atoms. The number of amides is 3. The second-order valence-electron chi connectivity index (χ2n) is 7.25. The van der Waals surface area contributed by atoms with Crippen LogP contribution in [-0.4, -0.2) is 88.9 Å². The highest BCUT2D eigenvalue weighted by Crippen LogP contribution is 2.10. The number of nitrogens with zero attached hydrogens (tertiary/aromatic N) is 1. The normalized spacial score (nSPS) is 15.4. The van der Waals surface area contributed by atoms with Crippen molar-refractivity contribution in [1.82, 2.24) is 16.0 Å². The van der Waals surface area contributed by atoms with Gasteiger partial charge in [0.25, 0.3) is 0 Å². The Morgan fingerprint density at radius 3 is 2.00 bits per heavy atom. The molecule has 0 aromatic carbocycles. The van der Waals surface area contributed by atoms with Crippen molar-refractivity contribution in [3.05, 3.63) is 0 Å². The van der Waals surface area contributed by atoms with Gasteiger partial charge in [0.15, 0.2) is 5.96 Å². The van der Waals surface area contributed by atoms with Crippen LogP contribution < -0.4 is 33.2 Å². The van der Waals surface area contributed by atoms with Crippen LogP contribution in [0.1, 0.15) is 33.1 Å². The van der Waals surface area contributed by atoms with E-state index in [0.717, 1.165) is 0 Å². The Morgan fingerprint density at radius 2 is 1.53 bits per heavy atom. The number of carbonyl (C=O) groups is 4. The summed E-state index contributed by atoms with van der Waals surface area (Å²) in [6.07, 6.45) is 0.812. The first-order chi connectivity index (χ1) is 15.0. The number of hydrogen-bond acceptors (Lipinski definition) is 8. The lowest BCUT2D eigenvalue weighted by atomic mass is 9.97. The first kappa shape index (κ1) is 29.0. The third-order valence-electron chi connectivity index (χ3n) is 4.70. The molecular formula is C18H35N7O7. The summed E-state index contributed by atoms with van der Waals surface area (Å²) in [6, 6.07) is -5.05. The van der Waals surface area contributed by atoms with Gasteiger partial charge in [-0.15, -0.1) is 0 Å². The van der Waals surface area contributed by atoms with Crippen molar-refractivity contribution < 1.29 is 34.5 Å². The number of carbonyl (C=O) groups excluding carboxylic acids is 3. The fourth-order valence-electron chi connectivity index (χ4n) is 2.54. The Kier molecular flexibility index (Phi) is 13.5. The maximum absolute atomic E-state index is 12.9. The molecule has 5 unspecified atom stereocenters. The van der Waals surface area contributed by atoms with Gasteiger partial charge in [-0.3, -0.25) is 19.4 Å². The average molecular weight is 462 g/mol. The third kappa shape index (κ3) is 10.4. The van der Waals surface area contributed by atoms with Crippen LogP contribution in [0.2, 0.25) is 0 Å². The Hall–Kier alpha value is -2.97. The molecule has 0 aliphatic heterocycles. The van der Waals surface area contributed by atoms with Crippen LogP contribution in [0.5, 0.6) is 0 Å². The molecule has 0 bridgehead atoms. The maximum Gasteiger partial charge on any atom is 0.328 e. The molecule has 0 saturated carbocycles.